The third-order valence-electron chi connectivity index (χ3n) is 2.11. The molecule has 1 aliphatic rings. The van der Waals surface area contributed by atoms with Gasteiger partial charge in [0.2, 0.25) is 0 Å². The third-order valence-corrected chi connectivity index (χ3v) is 2.54. The van der Waals surface area contributed by atoms with Crippen molar-refractivity contribution in [1.29, 1.82) is 0 Å². The second kappa shape index (κ2) is 4.09. The van der Waals surface area contributed by atoms with E-state index >= 15 is 0 Å². The van der Waals surface area contributed by atoms with Gasteiger partial charge in [0.05, 0.1) is 12.2 Å². The van der Waals surface area contributed by atoms with Gasteiger partial charge in [0.25, 0.3) is 0 Å². The highest BCUT2D eigenvalue weighted by Gasteiger charge is 2.23. The first-order chi connectivity index (χ1) is 6.75. The first kappa shape index (κ1) is 9.65. The van der Waals surface area contributed by atoms with E-state index in [-0.39, 0.29) is 5.97 Å². The molecule has 0 saturated heterocycles. The molecular formula is C10H10BrNO2. The number of esters is 1. The first-order valence-electron chi connectivity index (χ1n) is 4.54. The normalized spacial score (nSPS) is 15.2. The maximum Gasteiger partial charge on any atom is 0.338 e. The molecule has 1 aromatic heterocycles. The molecule has 0 bridgehead atoms. The smallest absolute Gasteiger partial charge is 0.338 e. The Kier molecular flexibility index (Phi) is 2.82. The highest BCUT2D eigenvalue weighted by molar-refractivity contribution is 9.10. The summed E-state index contributed by atoms with van der Waals surface area (Å²) >= 11 is 3.20. The summed E-state index contributed by atoms with van der Waals surface area (Å²) in [7, 11) is 0. The van der Waals surface area contributed by atoms with Crippen molar-refractivity contribution in [3.05, 3.63) is 28.5 Å². The van der Waals surface area contributed by atoms with E-state index in [1.165, 1.54) is 12.8 Å². The molecule has 0 atom stereocenters. The van der Waals surface area contributed by atoms with Crippen molar-refractivity contribution in [1.82, 2.24) is 4.98 Å². The maximum absolute atomic E-state index is 11.5. The molecule has 4 heteroatoms. The number of pyridine rings is 1. The molecule has 0 amide bonds. The molecule has 3 nitrogen and oxygen atoms in total. The van der Waals surface area contributed by atoms with E-state index in [9.17, 15) is 4.79 Å². The van der Waals surface area contributed by atoms with Crippen LogP contribution in [0.1, 0.15) is 23.2 Å². The Hall–Kier alpha value is -0.900. The van der Waals surface area contributed by atoms with Crippen LogP contribution in [0.4, 0.5) is 0 Å². The number of rotatable bonds is 3. The molecule has 0 aromatic carbocycles. The fourth-order valence-electron chi connectivity index (χ4n) is 1.09. The predicted octanol–water partition coefficient (Wildman–Crippen LogP) is 2.41. The number of halogens is 1. The van der Waals surface area contributed by atoms with Crippen LogP contribution in [0.25, 0.3) is 0 Å². The van der Waals surface area contributed by atoms with Crippen molar-refractivity contribution in [3.8, 4) is 0 Å². The molecule has 1 aliphatic carbocycles. The van der Waals surface area contributed by atoms with Crippen LogP contribution >= 0.6 is 15.9 Å². The number of aromatic nitrogens is 1. The van der Waals surface area contributed by atoms with Crippen molar-refractivity contribution in [3.63, 3.8) is 0 Å². The molecule has 0 unspecified atom stereocenters. The molecule has 2 rings (SSSR count). The van der Waals surface area contributed by atoms with Crippen molar-refractivity contribution in [2.75, 3.05) is 6.61 Å². The molecule has 1 fully saturated rings. The van der Waals surface area contributed by atoms with Crippen molar-refractivity contribution in [2.45, 2.75) is 12.8 Å². The summed E-state index contributed by atoms with van der Waals surface area (Å²) in [5.41, 5.74) is 0.549. The van der Waals surface area contributed by atoms with E-state index in [4.69, 9.17) is 4.74 Å². The summed E-state index contributed by atoms with van der Waals surface area (Å²) in [6.07, 6.45) is 3.96. The molecule has 74 valence electrons. The van der Waals surface area contributed by atoms with Gasteiger partial charge in [-0.3, -0.25) is 0 Å². The molecule has 14 heavy (non-hydrogen) atoms. The average molecular weight is 256 g/mol. The van der Waals surface area contributed by atoms with Crippen LogP contribution in [0, 0.1) is 5.92 Å². The number of carbonyl (C=O) groups excluding carboxylic acids is 1. The van der Waals surface area contributed by atoms with E-state index in [1.54, 1.807) is 18.3 Å². The number of hydrogen-bond donors (Lipinski definition) is 0. The minimum atomic E-state index is -0.264. The summed E-state index contributed by atoms with van der Waals surface area (Å²) in [6.45, 7) is 0.554. The molecule has 1 aromatic rings. The largest absolute Gasteiger partial charge is 0.462 e. The summed E-state index contributed by atoms with van der Waals surface area (Å²) < 4.78 is 5.77. The van der Waals surface area contributed by atoms with Gasteiger partial charge in [-0.15, -0.1) is 0 Å². The lowest BCUT2D eigenvalue weighted by Crippen LogP contribution is -2.07. The second-order valence-electron chi connectivity index (χ2n) is 3.41. The number of ether oxygens (including phenoxy) is 1. The van der Waals surface area contributed by atoms with Crippen LogP contribution in [0.3, 0.4) is 0 Å². The van der Waals surface area contributed by atoms with E-state index in [0.717, 1.165) is 0 Å². The van der Waals surface area contributed by atoms with E-state index in [1.807, 2.05) is 0 Å². The lowest BCUT2D eigenvalue weighted by molar-refractivity contribution is 0.0486. The van der Waals surface area contributed by atoms with E-state index < -0.39 is 0 Å². The number of nitrogens with zero attached hydrogens (tertiary/aromatic N) is 1. The van der Waals surface area contributed by atoms with Gasteiger partial charge < -0.3 is 4.74 Å². The highest BCUT2D eigenvalue weighted by atomic mass is 79.9. The molecule has 0 spiro atoms. The van der Waals surface area contributed by atoms with Crippen LogP contribution in [0.2, 0.25) is 0 Å². The third kappa shape index (κ3) is 2.54. The van der Waals surface area contributed by atoms with Gasteiger partial charge in [-0.25, -0.2) is 9.78 Å². The van der Waals surface area contributed by atoms with Crippen LogP contribution in [-0.2, 0) is 4.74 Å². The van der Waals surface area contributed by atoms with Gasteiger partial charge in [0.1, 0.15) is 4.60 Å². The molecule has 0 radical (unpaired) electrons. The summed E-state index contributed by atoms with van der Waals surface area (Å²) in [5, 5.41) is 0. The van der Waals surface area contributed by atoms with Crippen LogP contribution in [0.15, 0.2) is 22.9 Å². The zero-order valence-electron chi connectivity index (χ0n) is 7.57. The minimum Gasteiger partial charge on any atom is -0.462 e. The van der Waals surface area contributed by atoms with Gasteiger partial charge in [-0.05, 0) is 46.8 Å². The monoisotopic (exact) mass is 255 g/mol. The first-order valence-corrected chi connectivity index (χ1v) is 5.33. The fraction of sp³-hybridized carbons (Fsp3) is 0.400. The van der Waals surface area contributed by atoms with E-state index in [2.05, 4.69) is 20.9 Å². The van der Waals surface area contributed by atoms with E-state index in [0.29, 0.717) is 22.7 Å². The van der Waals surface area contributed by atoms with Gasteiger partial charge in [-0.2, -0.15) is 0 Å². The summed E-state index contributed by atoms with van der Waals surface area (Å²) in [6, 6.07) is 3.31. The van der Waals surface area contributed by atoms with Crippen molar-refractivity contribution >= 4 is 21.9 Å². The predicted molar refractivity (Wildman–Crippen MR) is 54.9 cm³/mol. The van der Waals surface area contributed by atoms with Crippen molar-refractivity contribution < 1.29 is 9.53 Å². The van der Waals surface area contributed by atoms with Gasteiger partial charge in [0, 0.05) is 6.20 Å². The second-order valence-corrected chi connectivity index (χ2v) is 4.22. The zero-order valence-corrected chi connectivity index (χ0v) is 9.16. The number of hydrogen-bond acceptors (Lipinski definition) is 3. The molecule has 0 aliphatic heterocycles. The SMILES string of the molecule is O=C(OCC1CC1)c1ccnc(Br)c1. The Morgan fingerprint density at radius 1 is 1.64 bits per heavy atom. The number of carbonyl (C=O) groups is 1. The van der Waals surface area contributed by atoms with Gasteiger partial charge in [0.15, 0.2) is 0 Å². The molecule has 1 saturated carbocycles. The standard InChI is InChI=1S/C10H10BrNO2/c11-9-5-8(3-4-12-9)10(13)14-6-7-1-2-7/h3-5,7H,1-2,6H2. The summed E-state index contributed by atoms with van der Waals surface area (Å²) in [5.74, 6) is 0.337. The topological polar surface area (TPSA) is 39.2 Å². The Morgan fingerprint density at radius 3 is 3.07 bits per heavy atom. The zero-order chi connectivity index (χ0) is 9.97. The maximum atomic E-state index is 11.5. The Bertz CT molecular complexity index is 350. The van der Waals surface area contributed by atoms with Crippen LogP contribution < -0.4 is 0 Å². The Morgan fingerprint density at radius 2 is 2.43 bits per heavy atom. The fourth-order valence-corrected chi connectivity index (χ4v) is 1.46. The Balaban J connectivity index is 1.95. The van der Waals surface area contributed by atoms with Crippen molar-refractivity contribution in [2.24, 2.45) is 5.92 Å². The van der Waals surface area contributed by atoms with Crippen LogP contribution in [0.5, 0.6) is 0 Å². The lowest BCUT2D eigenvalue weighted by Gasteiger charge is -2.02. The average Bonchev–Trinajstić information content (AvgIpc) is 2.97. The van der Waals surface area contributed by atoms with Gasteiger partial charge >= 0.3 is 5.97 Å². The lowest BCUT2D eigenvalue weighted by atomic mass is 10.3. The highest BCUT2D eigenvalue weighted by Crippen LogP contribution is 2.29. The molecular weight excluding hydrogens is 246 g/mol. The summed E-state index contributed by atoms with van der Waals surface area (Å²) in [4.78, 5) is 15.4. The van der Waals surface area contributed by atoms with Crippen LogP contribution in [-0.4, -0.2) is 17.6 Å². The molecule has 0 N–H and O–H groups in total. The Labute approximate surface area is 90.6 Å². The minimum absolute atomic E-state index is 0.264. The molecule has 1 heterocycles. The van der Waals surface area contributed by atoms with Gasteiger partial charge in [-0.1, -0.05) is 0 Å². The quantitative estimate of drug-likeness (QED) is 0.615.